The molecule has 2 aliphatic rings. The highest BCUT2D eigenvalue weighted by molar-refractivity contribution is 6.01. The highest BCUT2D eigenvalue weighted by atomic mass is 19.4. The van der Waals surface area contributed by atoms with E-state index in [4.69, 9.17) is 5.73 Å². The van der Waals surface area contributed by atoms with Crippen LogP contribution in [0.1, 0.15) is 59.2 Å². The Kier molecular flexibility index (Phi) is 11.4. The molecule has 4 aromatic rings. The van der Waals surface area contributed by atoms with Crippen LogP contribution in [-0.4, -0.2) is 73.7 Å². The molecule has 1 heterocycles. The Labute approximate surface area is 300 Å². The highest BCUT2D eigenvalue weighted by Crippen LogP contribution is 2.51. The largest absolute Gasteiger partial charge is 0.416 e. The zero-order valence-corrected chi connectivity index (χ0v) is 28.9. The van der Waals surface area contributed by atoms with Crippen molar-refractivity contribution < 1.29 is 31.1 Å². The van der Waals surface area contributed by atoms with Crippen LogP contribution < -0.4 is 11.1 Å². The minimum atomic E-state index is -4.45. The van der Waals surface area contributed by atoms with Crippen molar-refractivity contribution in [3.63, 3.8) is 0 Å². The Hall–Kier alpha value is -4.19. The van der Waals surface area contributed by atoms with Crippen LogP contribution in [0.5, 0.6) is 0 Å². The van der Waals surface area contributed by atoms with Crippen molar-refractivity contribution in [3.05, 3.63) is 119 Å². The standard InChI is InChI=1S/C41H44F6N4O/c42-40(43,44)28-49-27-39(36-13-5-3-10-33(36)34-11-4-6-14-37(34)39)21-7-8-23-50-24-19-31(20-25-50)51(26-22-48)38(52)35-12-2-1-9-32(35)29-15-17-30(18-16-29)41(45,46)47/h1-6,9-18,31,49H,7-8,19-28,48H2. The molecule has 6 rings (SSSR count). The number of fused-ring (bicyclic) bond motifs is 3. The summed E-state index contributed by atoms with van der Waals surface area (Å²) < 4.78 is 79.2. The summed E-state index contributed by atoms with van der Waals surface area (Å²) in [7, 11) is 0. The second-order valence-electron chi connectivity index (χ2n) is 13.8. The van der Waals surface area contributed by atoms with Crippen molar-refractivity contribution in [2.75, 3.05) is 45.8 Å². The second kappa shape index (κ2) is 15.8. The fraction of sp³-hybridized carbons (Fsp3) is 0.390. The number of benzene rings is 4. The van der Waals surface area contributed by atoms with Crippen LogP contribution >= 0.6 is 0 Å². The molecule has 0 spiro atoms. The van der Waals surface area contributed by atoms with Crippen molar-refractivity contribution in [1.29, 1.82) is 0 Å². The lowest BCUT2D eigenvalue weighted by Gasteiger charge is -2.39. The summed E-state index contributed by atoms with van der Waals surface area (Å²) in [6.07, 6.45) is -4.84. The SMILES string of the molecule is NCCN(C(=O)c1ccccc1-c1ccc(C(F)(F)F)cc1)C1CCN(CCCCC2(CNCC(F)(F)F)c3ccccc3-c3ccccc32)CC1. The Morgan fingerprint density at radius 2 is 1.37 bits per heavy atom. The van der Waals surface area contributed by atoms with Crippen LogP contribution in [0.25, 0.3) is 22.3 Å². The maximum atomic E-state index is 14.0. The van der Waals surface area contributed by atoms with Gasteiger partial charge in [-0.3, -0.25) is 4.79 Å². The maximum absolute atomic E-state index is 14.0. The molecule has 3 N–H and O–H groups in total. The lowest BCUT2D eigenvalue weighted by molar-refractivity contribution is -0.137. The predicted octanol–water partition coefficient (Wildman–Crippen LogP) is 8.53. The third-order valence-corrected chi connectivity index (χ3v) is 10.6. The van der Waals surface area contributed by atoms with Crippen LogP contribution in [0.15, 0.2) is 97.1 Å². The monoisotopic (exact) mass is 722 g/mol. The third kappa shape index (κ3) is 8.22. The topological polar surface area (TPSA) is 61.6 Å². The summed E-state index contributed by atoms with van der Waals surface area (Å²) in [6.45, 7) is 2.19. The number of nitrogens with two attached hydrogens (primary N) is 1. The number of unbranched alkanes of at least 4 members (excludes halogenated alkanes) is 1. The van der Waals surface area contributed by atoms with Gasteiger partial charge in [-0.25, -0.2) is 0 Å². The smallest absolute Gasteiger partial charge is 0.334 e. The van der Waals surface area contributed by atoms with Crippen LogP contribution in [0.4, 0.5) is 26.3 Å². The number of hydrogen-bond donors (Lipinski definition) is 2. The zero-order chi connectivity index (χ0) is 36.9. The van der Waals surface area contributed by atoms with E-state index in [1.165, 1.54) is 12.1 Å². The number of halogens is 6. The fourth-order valence-corrected chi connectivity index (χ4v) is 8.10. The van der Waals surface area contributed by atoms with E-state index in [2.05, 4.69) is 22.3 Å². The third-order valence-electron chi connectivity index (χ3n) is 10.6. The summed E-state index contributed by atoms with van der Waals surface area (Å²) in [5.74, 6) is -0.194. The van der Waals surface area contributed by atoms with Gasteiger partial charge in [0, 0.05) is 49.7 Å². The maximum Gasteiger partial charge on any atom is 0.416 e. The molecule has 4 aromatic carbocycles. The number of carbonyl (C=O) groups is 1. The van der Waals surface area contributed by atoms with Gasteiger partial charge in [0.2, 0.25) is 0 Å². The Bertz CT molecular complexity index is 1770. The van der Waals surface area contributed by atoms with Gasteiger partial charge < -0.3 is 20.9 Å². The van der Waals surface area contributed by atoms with Gasteiger partial charge in [0.1, 0.15) is 0 Å². The summed E-state index contributed by atoms with van der Waals surface area (Å²) >= 11 is 0. The van der Waals surface area contributed by atoms with Crippen LogP contribution in [0.3, 0.4) is 0 Å². The van der Waals surface area contributed by atoms with Gasteiger partial charge in [-0.05, 0) is 83.8 Å². The molecule has 5 nitrogen and oxygen atoms in total. The molecule has 0 saturated carbocycles. The number of nitrogens with one attached hydrogen (secondary N) is 1. The molecule has 0 radical (unpaired) electrons. The molecule has 1 aliphatic heterocycles. The van der Waals surface area contributed by atoms with Gasteiger partial charge in [-0.15, -0.1) is 0 Å². The number of piperidine rings is 1. The fourth-order valence-electron chi connectivity index (χ4n) is 8.10. The molecule has 52 heavy (non-hydrogen) atoms. The molecule has 0 bridgehead atoms. The number of amides is 1. The molecular formula is C41H44F6N4O. The van der Waals surface area contributed by atoms with Gasteiger partial charge in [0.25, 0.3) is 5.91 Å². The number of rotatable bonds is 13. The first-order valence-corrected chi connectivity index (χ1v) is 17.9. The first kappa shape index (κ1) is 37.6. The minimum Gasteiger partial charge on any atom is -0.334 e. The molecular weight excluding hydrogens is 678 g/mol. The van der Waals surface area contributed by atoms with Crippen molar-refractivity contribution in [2.45, 2.75) is 55.9 Å². The van der Waals surface area contributed by atoms with E-state index < -0.39 is 29.9 Å². The van der Waals surface area contributed by atoms with E-state index in [-0.39, 0.29) is 25.0 Å². The first-order valence-electron chi connectivity index (χ1n) is 17.9. The first-order chi connectivity index (χ1) is 24.9. The van der Waals surface area contributed by atoms with Gasteiger partial charge in [-0.1, -0.05) is 85.3 Å². The summed E-state index contributed by atoms with van der Waals surface area (Å²) in [6, 6.07) is 27.8. The van der Waals surface area contributed by atoms with E-state index in [1.54, 1.807) is 24.3 Å². The summed E-state index contributed by atoms with van der Waals surface area (Å²) in [4.78, 5) is 18.2. The summed E-state index contributed by atoms with van der Waals surface area (Å²) in [5, 5.41) is 2.73. The van der Waals surface area contributed by atoms with E-state index in [9.17, 15) is 31.1 Å². The van der Waals surface area contributed by atoms with Crippen LogP contribution in [-0.2, 0) is 11.6 Å². The van der Waals surface area contributed by atoms with Crippen molar-refractivity contribution in [2.24, 2.45) is 5.73 Å². The van der Waals surface area contributed by atoms with Gasteiger partial charge in [0.05, 0.1) is 12.1 Å². The Morgan fingerprint density at radius 3 is 1.94 bits per heavy atom. The van der Waals surface area contributed by atoms with Gasteiger partial charge in [-0.2, -0.15) is 26.3 Å². The van der Waals surface area contributed by atoms with E-state index in [1.807, 2.05) is 41.3 Å². The number of nitrogens with zero attached hydrogens (tertiary/aromatic N) is 2. The van der Waals surface area contributed by atoms with Gasteiger partial charge >= 0.3 is 12.4 Å². The average molecular weight is 723 g/mol. The number of hydrogen-bond acceptors (Lipinski definition) is 4. The molecule has 1 amide bonds. The Balaban J connectivity index is 1.08. The number of likely N-dealkylation sites (tertiary alicyclic amines) is 1. The van der Waals surface area contributed by atoms with Crippen molar-refractivity contribution in [3.8, 4) is 22.3 Å². The second-order valence-corrected chi connectivity index (χ2v) is 13.8. The van der Waals surface area contributed by atoms with Crippen molar-refractivity contribution in [1.82, 2.24) is 15.1 Å². The average Bonchev–Trinajstić information content (AvgIpc) is 3.41. The molecule has 0 unspecified atom stereocenters. The summed E-state index contributed by atoms with van der Waals surface area (Å²) in [5.41, 5.74) is 10.5. The zero-order valence-electron chi connectivity index (χ0n) is 28.9. The molecule has 11 heteroatoms. The molecule has 1 saturated heterocycles. The number of alkyl halides is 6. The normalized spacial score (nSPS) is 16.1. The molecule has 0 atom stereocenters. The minimum absolute atomic E-state index is 0.0394. The van der Waals surface area contributed by atoms with Crippen molar-refractivity contribution >= 4 is 5.91 Å². The number of carbonyl (C=O) groups excluding carboxylic acids is 1. The van der Waals surface area contributed by atoms with Crippen LogP contribution in [0.2, 0.25) is 0 Å². The lowest BCUT2D eigenvalue weighted by Crippen LogP contribution is -2.49. The lowest BCUT2D eigenvalue weighted by atomic mass is 9.74. The van der Waals surface area contributed by atoms with E-state index in [0.717, 1.165) is 79.7 Å². The van der Waals surface area contributed by atoms with E-state index in [0.29, 0.717) is 29.7 Å². The highest BCUT2D eigenvalue weighted by Gasteiger charge is 2.43. The molecule has 1 aliphatic carbocycles. The molecule has 276 valence electrons. The van der Waals surface area contributed by atoms with E-state index >= 15 is 0 Å². The quantitative estimate of drug-likeness (QED) is 0.107. The predicted molar refractivity (Wildman–Crippen MR) is 192 cm³/mol. The molecule has 1 fully saturated rings. The van der Waals surface area contributed by atoms with Gasteiger partial charge in [0.15, 0.2) is 0 Å². The Morgan fingerprint density at radius 1 is 0.788 bits per heavy atom. The molecule has 0 aromatic heterocycles. The van der Waals surface area contributed by atoms with Crippen LogP contribution in [0, 0.1) is 0 Å².